The van der Waals surface area contributed by atoms with Gasteiger partial charge < -0.3 is 10.8 Å². The van der Waals surface area contributed by atoms with Crippen LogP contribution in [0, 0.1) is 6.92 Å². The van der Waals surface area contributed by atoms with Gasteiger partial charge in [0.1, 0.15) is 5.75 Å². The lowest BCUT2D eigenvalue weighted by Crippen LogP contribution is -2.06. The molecule has 1 aliphatic rings. The van der Waals surface area contributed by atoms with Crippen molar-refractivity contribution < 1.29 is 5.11 Å². The van der Waals surface area contributed by atoms with Gasteiger partial charge in [0.2, 0.25) is 0 Å². The van der Waals surface area contributed by atoms with E-state index in [0.717, 1.165) is 18.4 Å². The number of benzene rings is 1. The molecular weight excluding hydrogens is 150 g/mol. The molecule has 0 unspecified atom stereocenters. The fraction of sp³-hybridized carbons (Fsp3) is 0.400. The van der Waals surface area contributed by atoms with Crippen molar-refractivity contribution in [3.8, 4) is 5.75 Å². The van der Waals surface area contributed by atoms with Crippen LogP contribution in [0.5, 0.6) is 5.75 Å². The first-order valence-electron chi connectivity index (χ1n) is 4.26. The van der Waals surface area contributed by atoms with Crippen LogP contribution in [-0.2, 0) is 6.42 Å². The van der Waals surface area contributed by atoms with E-state index in [-0.39, 0.29) is 6.04 Å². The molecule has 12 heavy (non-hydrogen) atoms. The van der Waals surface area contributed by atoms with E-state index >= 15 is 0 Å². The van der Waals surface area contributed by atoms with Crippen molar-refractivity contribution in [3.63, 3.8) is 0 Å². The summed E-state index contributed by atoms with van der Waals surface area (Å²) < 4.78 is 0. The molecule has 0 spiro atoms. The van der Waals surface area contributed by atoms with Gasteiger partial charge in [-0.2, -0.15) is 0 Å². The third-order valence-electron chi connectivity index (χ3n) is 2.55. The second-order valence-electron chi connectivity index (χ2n) is 3.48. The van der Waals surface area contributed by atoms with E-state index in [0.29, 0.717) is 5.75 Å². The standard InChI is InChI=1S/C10H13NO/c1-6-4-8(12)5-7-2-3-9(11)10(6)7/h4-5,9,12H,2-3,11H2,1H3/t9-/m1/s1. The number of phenolic OH excluding ortho intramolecular Hbond substituents is 1. The minimum atomic E-state index is 0.181. The van der Waals surface area contributed by atoms with Gasteiger partial charge in [-0.15, -0.1) is 0 Å². The zero-order chi connectivity index (χ0) is 8.72. The Morgan fingerprint density at radius 2 is 2.25 bits per heavy atom. The number of aryl methyl sites for hydroxylation is 2. The Balaban J connectivity index is 2.60. The molecule has 0 heterocycles. The Kier molecular flexibility index (Phi) is 1.58. The quantitative estimate of drug-likeness (QED) is 0.610. The minimum Gasteiger partial charge on any atom is -0.508 e. The van der Waals surface area contributed by atoms with Crippen LogP contribution < -0.4 is 5.73 Å². The molecular formula is C10H13NO. The van der Waals surface area contributed by atoms with Gasteiger partial charge in [-0.1, -0.05) is 0 Å². The van der Waals surface area contributed by atoms with E-state index in [9.17, 15) is 5.11 Å². The number of hydrogen-bond donors (Lipinski definition) is 2. The number of phenols is 1. The normalized spacial score (nSPS) is 21.0. The Morgan fingerprint density at radius 3 is 3.00 bits per heavy atom. The Morgan fingerprint density at radius 1 is 1.50 bits per heavy atom. The summed E-state index contributed by atoms with van der Waals surface area (Å²) in [6, 6.07) is 3.79. The van der Waals surface area contributed by atoms with Gasteiger partial charge in [0, 0.05) is 6.04 Å². The molecule has 64 valence electrons. The summed E-state index contributed by atoms with van der Waals surface area (Å²) in [4.78, 5) is 0. The summed E-state index contributed by atoms with van der Waals surface area (Å²) in [5, 5.41) is 9.32. The Labute approximate surface area is 72.0 Å². The molecule has 0 amide bonds. The topological polar surface area (TPSA) is 46.2 Å². The molecule has 2 heteroatoms. The van der Waals surface area contributed by atoms with Gasteiger partial charge >= 0.3 is 0 Å². The highest BCUT2D eigenvalue weighted by Gasteiger charge is 2.21. The number of fused-ring (bicyclic) bond motifs is 1. The monoisotopic (exact) mass is 163 g/mol. The lowest BCUT2D eigenvalue weighted by Gasteiger charge is -2.08. The maximum absolute atomic E-state index is 9.32. The molecule has 0 fully saturated rings. The highest BCUT2D eigenvalue weighted by molar-refractivity contribution is 5.45. The van der Waals surface area contributed by atoms with Crippen LogP contribution in [0.25, 0.3) is 0 Å². The van der Waals surface area contributed by atoms with E-state index in [1.807, 2.05) is 13.0 Å². The fourth-order valence-corrected chi connectivity index (χ4v) is 2.04. The number of rotatable bonds is 0. The molecule has 0 aromatic heterocycles. The van der Waals surface area contributed by atoms with E-state index < -0.39 is 0 Å². The van der Waals surface area contributed by atoms with Crippen LogP contribution in [0.15, 0.2) is 12.1 Å². The molecule has 0 saturated heterocycles. The van der Waals surface area contributed by atoms with Gasteiger partial charge in [0.15, 0.2) is 0 Å². The summed E-state index contributed by atoms with van der Waals surface area (Å²) in [5.74, 6) is 0.361. The van der Waals surface area contributed by atoms with Crippen molar-refractivity contribution in [2.24, 2.45) is 5.73 Å². The van der Waals surface area contributed by atoms with Crippen LogP contribution in [0.3, 0.4) is 0 Å². The highest BCUT2D eigenvalue weighted by atomic mass is 16.3. The zero-order valence-corrected chi connectivity index (χ0v) is 7.17. The lowest BCUT2D eigenvalue weighted by atomic mass is 10.0. The van der Waals surface area contributed by atoms with Crippen LogP contribution >= 0.6 is 0 Å². The molecule has 0 bridgehead atoms. The number of nitrogens with two attached hydrogens (primary N) is 1. The highest BCUT2D eigenvalue weighted by Crippen LogP contribution is 2.34. The lowest BCUT2D eigenvalue weighted by molar-refractivity contribution is 0.474. The van der Waals surface area contributed by atoms with Crippen LogP contribution in [0.1, 0.15) is 29.2 Å². The predicted molar refractivity (Wildman–Crippen MR) is 48.1 cm³/mol. The van der Waals surface area contributed by atoms with Crippen molar-refractivity contribution >= 4 is 0 Å². The minimum absolute atomic E-state index is 0.181. The molecule has 1 aromatic rings. The summed E-state index contributed by atoms with van der Waals surface area (Å²) in [7, 11) is 0. The average molecular weight is 163 g/mol. The van der Waals surface area contributed by atoms with Gasteiger partial charge in [0.05, 0.1) is 0 Å². The third-order valence-corrected chi connectivity index (χ3v) is 2.55. The van der Waals surface area contributed by atoms with Crippen molar-refractivity contribution in [3.05, 3.63) is 28.8 Å². The first kappa shape index (κ1) is 7.62. The maximum Gasteiger partial charge on any atom is 0.116 e. The van der Waals surface area contributed by atoms with E-state index in [2.05, 4.69) is 0 Å². The summed E-state index contributed by atoms with van der Waals surface area (Å²) in [6.45, 7) is 2.00. The van der Waals surface area contributed by atoms with Crippen molar-refractivity contribution in [1.29, 1.82) is 0 Å². The van der Waals surface area contributed by atoms with Gasteiger partial charge in [-0.05, 0) is 48.6 Å². The third kappa shape index (κ3) is 0.994. The molecule has 2 rings (SSSR count). The number of aromatic hydroxyl groups is 1. The molecule has 3 N–H and O–H groups in total. The first-order valence-corrected chi connectivity index (χ1v) is 4.26. The van der Waals surface area contributed by atoms with Crippen molar-refractivity contribution in [1.82, 2.24) is 0 Å². The van der Waals surface area contributed by atoms with Gasteiger partial charge in [0.25, 0.3) is 0 Å². The van der Waals surface area contributed by atoms with Crippen LogP contribution in [-0.4, -0.2) is 5.11 Å². The Bertz CT molecular complexity index is 320. The smallest absolute Gasteiger partial charge is 0.116 e. The molecule has 2 nitrogen and oxygen atoms in total. The largest absolute Gasteiger partial charge is 0.508 e. The summed E-state index contributed by atoms with van der Waals surface area (Å²) in [6.07, 6.45) is 2.02. The van der Waals surface area contributed by atoms with Gasteiger partial charge in [-0.25, -0.2) is 0 Å². The Hall–Kier alpha value is -1.02. The first-order chi connectivity index (χ1) is 5.68. The molecule has 1 aromatic carbocycles. The van der Waals surface area contributed by atoms with E-state index in [1.165, 1.54) is 11.1 Å². The van der Waals surface area contributed by atoms with Crippen molar-refractivity contribution in [2.75, 3.05) is 0 Å². The fourth-order valence-electron chi connectivity index (χ4n) is 2.04. The van der Waals surface area contributed by atoms with Crippen LogP contribution in [0.4, 0.5) is 0 Å². The SMILES string of the molecule is Cc1cc(O)cc2c1[C@H](N)CC2. The second kappa shape index (κ2) is 2.49. The summed E-state index contributed by atoms with van der Waals surface area (Å²) in [5.41, 5.74) is 9.50. The maximum atomic E-state index is 9.32. The molecule has 1 atom stereocenters. The molecule has 0 aliphatic heterocycles. The van der Waals surface area contributed by atoms with Gasteiger partial charge in [-0.3, -0.25) is 0 Å². The molecule has 0 saturated carbocycles. The van der Waals surface area contributed by atoms with Crippen molar-refractivity contribution in [2.45, 2.75) is 25.8 Å². The van der Waals surface area contributed by atoms with E-state index in [1.54, 1.807) is 6.07 Å². The zero-order valence-electron chi connectivity index (χ0n) is 7.17. The second-order valence-corrected chi connectivity index (χ2v) is 3.48. The van der Waals surface area contributed by atoms with Crippen LogP contribution in [0.2, 0.25) is 0 Å². The molecule has 1 aliphatic carbocycles. The number of hydrogen-bond acceptors (Lipinski definition) is 2. The predicted octanol–water partition coefficient (Wildman–Crippen LogP) is 1.65. The molecule has 0 radical (unpaired) electrons. The average Bonchev–Trinajstić information content (AvgIpc) is 2.31. The summed E-state index contributed by atoms with van der Waals surface area (Å²) >= 11 is 0. The van der Waals surface area contributed by atoms with E-state index in [4.69, 9.17) is 5.73 Å².